The summed E-state index contributed by atoms with van der Waals surface area (Å²) in [6.45, 7) is 2.66. The van der Waals surface area contributed by atoms with Crippen molar-refractivity contribution in [3.63, 3.8) is 0 Å². The average molecular weight is 615 g/mol. The van der Waals surface area contributed by atoms with Gasteiger partial charge in [0.25, 0.3) is 0 Å². The Morgan fingerprint density at radius 1 is 0.727 bits per heavy atom. The fraction of sp³-hybridized carbons (Fsp3) is 0.250. The fourth-order valence-electron chi connectivity index (χ4n) is 4.49. The lowest BCUT2D eigenvalue weighted by atomic mass is 10.00. The second-order valence-electron chi connectivity index (χ2n) is 9.99. The van der Waals surface area contributed by atoms with Crippen LogP contribution in [0.3, 0.4) is 0 Å². The Morgan fingerprint density at radius 2 is 1.25 bits per heavy atom. The molecular formula is C32H38N8O3S. The number of nitrogens with one attached hydrogen (secondary N) is 3. The van der Waals surface area contributed by atoms with Crippen LogP contribution in [0.25, 0.3) is 0 Å². The largest absolute Gasteiger partial charge is 0.357 e. The molecule has 0 saturated heterocycles. The first-order chi connectivity index (χ1) is 21.4. The van der Waals surface area contributed by atoms with Gasteiger partial charge in [-0.3, -0.25) is 24.5 Å². The van der Waals surface area contributed by atoms with Crippen molar-refractivity contribution in [3.05, 3.63) is 132 Å². The van der Waals surface area contributed by atoms with Crippen LogP contribution >= 0.6 is 0 Å². The van der Waals surface area contributed by atoms with E-state index in [4.69, 9.17) is 10.3 Å². The second kappa shape index (κ2) is 16.8. The molecular weight excluding hydrogens is 576 g/mol. The molecule has 11 nitrogen and oxygen atoms in total. The van der Waals surface area contributed by atoms with Crippen LogP contribution in [-0.4, -0.2) is 60.2 Å². The van der Waals surface area contributed by atoms with E-state index in [-0.39, 0.29) is 17.3 Å². The van der Waals surface area contributed by atoms with Crippen molar-refractivity contribution in [1.82, 2.24) is 25.9 Å². The van der Waals surface area contributed by atoms with E-state index in [9.17, 15) is 8.42 Å². The van der Waals surface area contributed by atoms with E-state index in [1.807, 2.05) is 48.8 Å². The molecule has 0 saturated carbocycles. The number of aromatic nitrogens is 2. The van der Waals surface area contributed by atoms with Crippen molar-refractivity contribution in [2.75, 3.05) is 26.2 Å². The number of aliphatic imine (C=N–C) groups is 2. The molecule has 4 aromatic rings. The summed E-state index contributed by atoms with van der Waals surface area (Å²) in [7, 11) is -4.06. The van der Waals surface area contributed by atoms with Gasteiger partial charge in [-0.05, 0) is 59.4 Å². The lowest BCUT2D eigenvalue weighted by Crippen LogP contribution is -2.37. The Labute approximate surface area is 258 Å². The lowest BCUT2D eigenvalue weighted by molar-refractivity contribution is 0.497. The minimum absolute atomic E-state index is 0.0635. The normalized spacial score (nSPS) is 15.0. The molecule has 6 N–H and O–H groups in total. The Bertz CT molecular complexity index is 1570. The van der Waals surface area contributed by atoms with E-state index in [2.05, 4.69) is 84.4 Å². The van der Waals surface area contributed by atoms with E-state index >= 15 is 0 Å². The summed E-state index contributed by atoms with van der Waals surface area (Å²) in [5, 5.41) is 8.86. The molecule has 4 heterocycles. The molecule has 2 aliphatic heterocycles. The highest BCUT2D eigenvalue weighted by Gasteiger charge is 2.18. The van der Waals surface area contributed by atoms with E-state index in [0.29, 0.717) is 13.1 Å². The smallest absolute Gasteiger partial charge is 0.327 e. The van der Waals surface area contributed by atoms with Crippen molar-refractivity contribution >= 4 is 21.2 Å². The minimum atomic E-state index is -4.06. The summed E-state index contributed by atoms with van der Waals surface area (Å²) in [5.74, 6) is 0.896. The number of nitrogens with two attached hydrogens (primary N) is 1. The predicted molar refractivity (Wildman–Crippen MR) is 174 cm³/mol. The number of guanidine groups is 1. The van der Waals surface area contributed by atoms with Gasteiger partial charge in [-0.1, -0.05) is 60.7 Å². The summed E-state index contributed by atoms with van der Waals surface area (Å²) in [6, 6.07) is 29.0. The number of benzene rings is 2. The van der Waals surface area contributed by atoms with E-state index in [1.54, 1.807) is 12.4 Å². The van der Waals surface area contributed by atoms with Crippen molar-refractivity contribution in [1.29, 1.82) is 0 Å². The zero-order valence-electron chi connectivity index (χ0n) is 24.3. The first kappa shape index (κ1) is 32.3. The Kier molecular flexibility index (Phi) is 12.4. The molecule has 0 radical (unpaired) electrons. The van der Waals surface area contributed by atoms with Crippen molar-refractivity contribution in [2.45, 2.75) is 24.9 Å². The molecule has 0 bridgehead atoms. The molecule has 2 aromatic heterocycles. The van der Waals surface area contributed by atoms with Gasteiger partial charge in [0.15, 0.2) is 5.96 Å². The molecule has 0 fully saturated rings. The number of rotatable bonds is 7. The third kappa shape index (κ3) is 10.9. The second-order valence-corrected chi connectivity index (χ2v) is 11.3. The van der Waals surface area contributed by atoms with Gasteiger partial charge in [-0.15, -0.1) is 0 Å². The van der Waals surface area contributed by atoms with Crippen LogP contribution in [0.15, 0.2) is 120 Å². The van der Waals surface area contributed by atoms with Gasteiger partial charge < -0.3 is 21.7 Å². The lowest BCUT2D eigenvalue weighted by Gasteiger charge is -2.20. The van der Waals surface area contributed by atoms with Crippen molar-refractivity contribution in [2.24, 2.45) is 15.7 Å². The third-order valence-electron chi connectivity index (χ3n) is 6.70. The summed E-state index contributed by atoms with van der Waals surface area (Å²) in [6.07, 6.45) is 9.03. The van der Waals surface area contributed by atoms with Gasteiger partial charge >= 0.3 is 10.1 Å². The van der Waals surface area contributed by atoms with Crippen LogP contribution in [0.5, 0.6) is 0 Å². The van der Waals surface area contributed by atoms with E-state index in [1.165, 1.54) is 22.3 Å². The average Bonchev–Trinajstić information content (AvgIpc) is 3.79. The SMILES string of the molecule is NC(Cc1ccncc1)c1ccccc1.O=S(=O)(O)C1=NCCN1.c1ccc(C(Cc2ccncc2)NC2=NCCN2)cc1. The van der Waals surface area contributed by atoms with Crippen LogP contribution < -0.4 is 21.7 Å². The molecule has 0 spiro atoms. The van der Waals surface area contributed by atoms with Gasteiger partial charge in [-0.25, -0.2) is 0 Å². The Hall–Kier alpha value is -4.65. The molecule has 2 aliphatic rings. The van der Waals surface area contributed by atoms with Crippen LogP contribution in [-0.2, 0) is 23.0 Å². The maximum absolute atomic E-state index is 10.2. The number of nitrogens with zero attached hydrogens (tertiary/aromatic N) is 4. The van der Waals surface area contributed by atoms with Crippen LogP contribution in [0.2, 0.25) is 0 Å². The van der Waals surface area contributed by atoms with Crippen LogP contribution in [0.4, 0.5) is 0 Å². The maximum Gasteiger partial charge on any atom is 0.327 e. The first-order valence-electron chi connectivity index (χ1n) is 14.3. The number of amidine groups is 1. The van der Waals surface area contributed by atoms with E-state index < -0.39 is 10.1 Å². The third-order valence-corrected chi connectivity index (χ3v) is 7.46. The van der Waals surface area contributed by atoms with Crippen molar-refractivity contribution < 1.29 is 13.0 Å². The molecule has 12 heteroatoms. The molecule has 0 aliphatic carbocycles. The first-order valence-corrected chi connectivity index (χ1v) is 15.8. The molecule has 6 rings (SSSR count). The standard InChI is InChI=1S/C16H18N4.C13H14N2.C3H6N2O3S/c1-2-4-14(5-3-1)15(20-16-18-10-11-19-16)12-13-6-8-17-9-7-13;14-13(12-4-2-1-3-5-12)10-11-6-8-15-9-7-11;6-9(7,8)3-4-1-2-5-3/h1-9,15H,10-12H2,(H2,18,19,20);1-9,13H,10,14H2;1-2H2,(H,4,5)(H,6,7,8). The molecule has 2 atom stereocenters. The van der Waals surface area contributed by atoms with E-state index in [0.717, 1.165) is 31.9 Å². The van der Waals surface area contributed by atoms with Crippen LogP contribution in [0, 0.1) is 0 Å². The Balaban J connectivity index is 0.000000162. The zero-order chi connectivity index (χ0) is 31.0. The summed E-state index contributed by atoms with van der Waals surface area (Å²) in [5.41, 5.74) is 11.0. The molecule has 44 heavy (non-hydrogen) atoms. The van der Waals surface area contributed by atoms with Gasteiger partial charge in [0.2, 0.25) is 5.17 Å². The van der Waals surface area contributed by atoms with Gasteiger partial charge in [0, 0.05) is 43.9 Å². The number of hydrogen-bond donors (Lipinski definition) is 5. The van der Waals surface area contributed by atoms with Crippen molar-refractivity contribution in [3.8, 4) is 0 Å². The zero-order valence-corrected chi connectivity index (χ0v) is 25.1. The predicted octanol–water partition coefficient (Wildman–Crippen LogP) is 3.07. The monoisotopic (exact) mass is 614 g/mol. The van der Waals surface area contributed by atoms with Gasteiger partial charge in [0.05, 0.1) is 19.1 Å². The molecule has 0 amide bonds. The Morgan fingerprint density at radius 3 is 1.73 bits per heavy atom. The highest BCUT2D eigenvalue weighted by Crippen LogP contribution is 2.18. The number of pyridine rings is 2. The maximum atomic E-state index is 10.2. The summed E-state index contributed by atoms with van der Waals surface area (Å²) < 4.78 is 28.7. The topological polar surface area (TPSA) is 167 Å². The van der Waals surface area contributed by atoms with Gasteiger partial charge in [0.1, 0.15) is 0 Å². The quantitative estimate of drug-likeness (QED) is 0.197. The van der Waals surface area contributed by atoms with Gasteiger partial charge in [-0.2, -0.15) is 8.42 Å². The highest BCUT2D eigenvalue weighted by molar-refractivity contribution is 8.01. The summed E-state index contributed by atoms with van der Waals surface area (Å²) in [4.78, 5) is 16.0. The molecule has 230 valence electrons. The minimum Gasteiger partial charge on any atom is -0.357 e. The number of hydrogen-bond acceptors (Lipinski definition) is 10. The fourth-order valence-corrected chi connectivity index (χ4v) is 5.03. The highest BCUT2D eigenvalue weighted by atomic mass is 32.2. The molecule has 2 aromatic carbocycles. The van der Waals surface area contributed by atoms with Crippen LogP contribution in [0.1, 0.15) is 34.3 Å². The molecule has 2 unspecified atom stereocenters. The summed E-state index contributed by atoms with van der Waals surface area (Å²) >= 11 is 0.